The predicted octanol–water partition coefficient (Wildman–Crippen LogP) is 3.85. The Bertz CT molecular complexity index is 442. The lowest BCUT2D eigenvalue weighted by Gasteiger charge is -2.31. The molecule has 4 heteroatoms. The van der Waals surface area contributed by atoms with Crippen LogP contribution in [0.5, 0.6) is 0 Å². The third-order valence-electron chi connectivity index (χ3n) is 4.75. The van der Waals surface area contributed by atoms with Crippen LogP contribution in [0.3, 0.4) is 0 Å². The third kappa shape index (κ3) is 2.16. The van der Waals surface area contributed by atoms with Gasteiger partial charge in [0.25, 0.3) is 0 Å². The van der Waals surface area contributed by atoms with E-state index in [9.17, 15) is 13.2 Å². The molecule has 19 heavy (non-hydrogen) atoms. The summed E-state index contributed by atoms with van der Waals surface area (Å²) in [4.78, 5) is 1.98. The summed E-state index contributed by atoms with van der Waals surface area (Å²) < 4.78 is 40.2. The number of benzene rings is 1. The number of nitrogens with zero attached hydrogens (tertiary/aromatic N) is 1. The molecule has 1 aromatic carbocycles. The van der Waals surface area contributed by atoms with Crippen molar-refractivity contribution >= 4 is 0 Å². The molecule has 2 atom stereocenters. The molecule has 104 valence electrons. The third-order valence-corrected chi connectivity index (χ3v) is 4.75. The molecule has 0 amide bonds. The van der Waals surface area contributed by atoms with Crippen LogP contribution in [-0.4, -0.2) is 24.2 Å². The van der Waals surface area contributed by atoms with E-state index in [1.807, 2.05) is 35.2 Å². The van der Waals surface area contributed by atoms with Crippen molar-refractivity contribution in [2.45, 2.75) is 32.0 Å². The Labute approximate surface area is 111 Å². The molecule has 3 rings (SSSR count). The second kappa shape index (κ2) is 4.51. The summed E-state index contributed by atoms with van der Waals surface area (Å²) in [5.74, 6) is -0.198. The lowest BCUT2D eigenvalue weighted by atomic mass is 9.80. The van der Waals surface area contributed by atoms with E-state index in [1.165, 1.54) is 0 Å². The first-order valence-electron chi connectivity index (χ1n) is 6.84. The van der Waals surface area contributed by atoms with E-state index >= 15 is 0 Å². The van der Waals surface area contributed by atoms with Crippen LogP contribution in [0.25, 0.3) is 0 Å². The Morgan fingerprint density at radius 2 is 1.95 bits per heavy atom. The number of halogens is 3. The Kier molecular flexibility index (Phi) is 3.08. The van der Waals surface area contributed by atoms with Gasteiger partial charge in [0.2, 0.25) is 0 Å². The molecule has 0 radical (unpaired) electrons. The average Bonchev–Trinajstić information content (AvgIpc) is 2.87. The molecule has 0 spiro atoms. The molecule has 1 nitrogen and oxygen atoms in total. The summed E-state index contributed by atoms with van der Waals surface area (Å²) in [6.07, 6.45) is -2.29. The topological polar surface area (TPSA) is 3.24 Å². The van der Waals surface area contributed by atoms with Gasteiger partial charge in [0.05, 0.1) is 5.41 Å². The highest BCUT2D eigenvalue weighted by atomic mass is 19.4. The molecule has 0 N–H and O–H groups in total. The predicted molar refractivity (Wildman–Crippen MR) is 67.5 cm³/mol. The normalized spacial score (nSPS) is 31.6. The molecule has 0 aromatic heterocycles. The van der Waals surface area contributed by atoms with Gasteiger partial charge in [0.1, 0.15) is 0 Å². The van der Waals surface area contributed by atoms with E-state index in [2.05, 4.69) is 0 Å². The molecule has 1 aromatic rings. The molecule has 2 fully saturated rings. The van der Waals surface area contributed by atoms with E-state index in [4.69, 9.17) is 0 Å². The van der Waals surface area contributed by atoms with Gasteiger partial charge in [-0.05, 0) is 24.3 Å². The van der Waals surface area contributed by atoms with Gasteiger partial charge in [0, 0.05) is 19.6 Å². The molecule has 1 saturated heterocycles. The minimum atomic E-state index is -4.06. The quantitative estimate of drug-likeness (QED) is 0.788. The van der Waals surface area contributed by atoms with Gasteiger partial charge in [-0.2, -0.15) is 13.2 Å². The lowest BCUT2D eigenvalue weighted by molar-refractivity contribution is -0.226. The fourth-order valence-electron chi connectivity index (χ4n) is 3.82. The van der Waals surface area contributed by atoms with E-state index in [-0.39, 0.29) is 12.5 Å². The van der Waals surface area contributed by atoms with Crippen molar-refractivity contribution in [1.82, 2.24) is 4.90 Å². The van der Waals surface area contributed by atoms with Gasteiger partial charge in [-0.3, -0.25) is 4.90 Å². The van der Waals surface area contributed by atoms with Crippen LogP contribution in [0.2, 0.25) is 0 Å². The second-order valence-electron chi connectivity index (χ2n) is 5.90. The molecule has 1 unspecified atom stereocenters. The maximum absolute atomic E-state index is 13.4. The molecule has 0 bridgehead atoms. The average molecular weight is 269 g/mol. The van der Waals surface area contributed by atoms with Gasteiger partial charge >= 0.3 is 6.18 Å². The van der Waals surface area contributed by atoms with Crippen molar-refractivity contribution in [3.05, 3.63) is 35.9 Å². The fourth-order valence-corrected chi connectivity index (χ4v) is 3.82. The highest BCUT2D eigenvalue weighted by Crippen LogP contribution is 2.57. The van der Waals surface area contributed by atoms with Gasteiger partial charge in [0.15, 0.2) is 0 Å². The van der Waals surface area contributed by atoms with Gasteiger partial charge in [-0.1, -0.05) is 36.8 Å². The Morgan fingerprint density at radius 1 is 1.21 bits per heavy atom. The van der Waals surface area contributed by atoms with E-state index in [1.54, 1.807) is 0 Å². The maximum atomic E-state index is 13.4. The SMILES string of the molecule is FC(F)(F)[C@]12CCCC1CN(Cc1ccccc1)C2. The largest absolute Gasteiger partial charge is 0.396 e. The Hall–Kier alpha value is -1.03. The van der Waals surface area contributed by atoms with Gasteiger partial charge in [-0.15, -0.1) is 0 Å². The highest BCUT2D eigenvalue weighted by molar-refractivity contribution is 5.15. The summed E-state index contributed by atoms with van der Waals surface area (Å²) >= 11 is 0. The number of fused-ring (bicyclic) bond motifs is 1. The number of likely N-dealkylation sites (tertiary alicyclic amines) is 1. The number of hydrogen-bond donors (Lipinski definition) is 0. The van der Waals surface area contributed by atoms with Crippen molar-refractivity contribution in [3.63, 3.8) is 0 Å². The Balaban J connectivity index is 1.76. The number of hydrogen-bond acceptors (Lipinski definition) is 1. The minimum absolute atomic E-state index is 0.177. The van der Waals surface area contributed by atoms with Crippen LogP contribution in [0.1, 0.15) is 24.8 Å². The zero-order chi connectivity index (χ0) is 13.5. The zero-order valence-corrected chi connectivity index (χ0v) is 10.8. The van der Waals surface area contributed by atoms with Crippen LogP contribution in [0.15, 0.2) is 30.3 Å². The first-order valence-corrected chi connectivity index (χ1v) is 6.84. The molecule has 1 saturated carbocycles. The standard InChI is InChI=1S/C15H18F3N/c16-15(17,18)14-8-4-7-13(14)10-19(11-14)9-12-5-2-1-3-6-12/h1-3,5-6,13H,4,7-11H2/t13?,14-/m0/s1. The van der Waals surface area contributed by atoms with Crippen LogP contribution < -0.4 is 0 Å². The van der Waals surface area contributed by atoms with Crippen molar-refractivity contribution in [2.75, 3.05) is 13.1 Å². The molecular weight excluding hydrogens is 251 g/mol. The summed E-state index contributed by atoms with van der Waals surface area (Å²) in [6, 6.07) is 9.76. The summed E-state index contributed by atoms with van der Waals surface area (Å²) in [5.41, 5.74) is -0.332. The van der Waals surface area contributed by atoms with Crippen molar-refractivity contribution in [1.29, 1.82) is 0 Å². The van der Waals surface area contributed by atoms with Crippen molar-refractivity contribution in [2.24, 2.45) is 11.3 Å². The first-order chi connectivity index (χ1) is 9.01. The van der Waals surface area contributed by atoms with Gasteiger partial charge < -0.3 is 0 Å². The summed E-state index contributed by atoms with van der Waals surface area (Å²) in [6.45, 7) is 1.40. The second-order valence-corrected chi connectivity index (χ2v) is 5.90. The van der Waals surface area contributed by atoms with Crippen LogP contribution in [0.4, 0.5) is 13.2 Å². The van der Waals surface area contributed by atoms with Gasteiger partial charge in [-0.25, -0.2) is 0 Å². The molecule has 1 aliphatic heterocycles. The highest BCUT2D eigenvalue weighted by Gasteiger charge is 2.64. The van der Waals surface area contributed by atoms with E-state index < -0.39 is 11.6 Å². The Morgan fingerprint density at radius 3 is 2.58 bits per heavy atom. The van der Waals surface area contributed by atoms with Crippen molar-refractivity contribution in [3.8, 4) is 0 Å². The van der Waals surface area contributed by atoms with Crippen LogP contribution >= 0.6 is 0 Å². The fraction of sp³-hybridized carbons (Fsp3) is 0.600. The number of rotatable bonds is 2. The van der Waals surface area contributed by atoms with Crippen LogP contribution in [0, 0.1) is 11.3 Å². The molecule has 1 heterocycles. The monoisotopic (exact) mass is 269 g/mol. The van der Waals surface area contributed by atoms with Crippen molar-refractivity contribution < 1.29 is 13.2 Å². The minimum Gasteiger partial charge on any atom is -0.298 e. The number of alkyl halides is 3. The summed E-state index contributed by atoms with van der Waals surface area (Å²) in [5, 5.41) is 0. The summed E-state index contributed by atoms with van der Waals surface area (Å²) in [7, 11) is 0. The van der Waals surface area contributed by atoms with Crippen LogP contribution in [-0.2, 0) is 6.54 Å². The molecular formula is C15H18F3N. The first kappa shape index (κ1) is 13.0. The maximum Gasteiger partial charge on any atom is 0.396 e. The zero-order valence-electron chi connectivity index (χ0n) is 10.8. The smallest absolute Gasteiger partial charge is 0.298 e. The van der Waals surface area contributed by atoms with E-state index in [0.29, 0.717) is 19.5 Å². The van der Waals surface area contributed by atoms with E-state index in [0.717, 1.165) is 18.4 Å². The molecule has 1 aliphatic carbocycles. The lowest BCUT2D eigenvalue weighted by Crippen LogP contribution is -2.41. The molecule has 2 aliphatic rings.